The maximum Gasteiger partial charge on any atom is 0.302 e. The summed E-state index contributed by atoms with van der Waals surface area (Å²) in [5.41, 5.74) is -0.496. The van der Waals surface area contributed by atoms with Crippen LogP contribution in [0.5, 0.6) is 0 Å². The monoisotopic (exact) mass is 184 g/mol. The van der Waals surface area contributed by atoms with Gasteiger partial charge in [-0.15, -0.1) is 0 Å². The first-order valence-corrected chi connectivity index (χ1v) is 4.65. The van der Waals surface area contributed by atoms with E-state index in [1.165, 1.54) is 6.92 Å². The molecule has 0 aromatic heterocycles. The molecule has 74 valence electrons. The van der Waals surface area contributed by atoms with Gasteiger partial charge in [0.15, 0.2) is 0 Å². The number of carbonyl (C=O) groups is 2. The summed E-state index contributed by atoms with van der Waals surface area (Å²) in [7, 11) is 0. The fourth-order valence-corrected chi connectivity index (χ4v) is 1.72. The third-order valence-electron chi connectivity index (χ3n) is 2.70. The highest BCUT2D eigenvalue weighted by molar-refractivity contribution is 5.85. The zero-order chi connectivity index (χ0) is 10.1. The molecular formula is C10H16O3. The molecule has 0 unspecified atom stereocenters. The minimum Gasteiger partial charge on any atom is -0.462 e. The molecule has 1 saturated carbocycles. The molecule has 1 fully saturated rings. The van der Waals surface area contributed by atoms with Gasteiger partial charge in [0, 0.05) is 13.3 Å². The summed E-state index contributed by atoms with van der Waals surface area (Å²) in [5, 5.41) is 0. The van der Waals surface area contributed by atoms with Crippen molar-refractivity contribution in [1.29, 1.82) is 0 Å². The first kappa shape index (κ1) is 10.2. The van der Waals surface area contributed by atoms with E-state index < -0.39 is 5.41 Å². The molecule has 0 amide bonds. The van der Waals surface area contributed by atoms with Crippen molar-refractivity contribution in [2.75, 3.05) is 0 Å². The number of ether oxygens (including phenoxy) is 1. The molecule has 0 aromatic rings. The van der Waals surface area contributed by atoms with Gasteiger partial charge >= 0.3 is 5.97 Å². The Balaban J connectivity index is 2.72. The van der Waals surface area contributed by atoms with Crippen molar-refractivity contribution in [1.82, 2.24) is 0 Å². The van der Waals surface area contributed by atoms with Gasteiger partial charge in [0.2, 0.25) is 0 Å². The Labute approximate surface area is 78.5 Å². The van der Waals surface area contributed by atoms with Crippen molar-refractivity contribution in [3.63, 3.8) is 0 Å². The van der Waals surface area contributed by atoms with Crippen molar-refractivity contribution in [3.8, 4) is 0 Å². The van der Waals surface area contributed by atoms with Gasteiger partial charge in [0.1, 0.15) is 11.9 Å². The highest BCUT2D eigenvalue weighted by atomic mass is 16.5. The highest BCUT2D eigenvalue weighted by Gasteiger charge is 2.41. The van der Waals surface area contributed by atoms with Gasteiger partial charge in [0.25, 0.3) is 0 Å². The number of Topliss-reactive ketones (excluding diaryl/α,β-unsaturated/α-hetero) is 1. The molecule has 1 atom stereocenters. The normalized spacial score (nSPS) is 27.0. The van der Waals surface area contributed by atoms with E-state index in [0.29, 0.717) is 6.42 Å². The van der Waals surface area contributed by atoms with E-state index in [1.54, 1.807) is 0 Å². The Morgan fingerprint density at radius 3 is 2.69 bits per heavy atom. The van der Waals surface area contributed by atoms with Gasteiger partial charge in [-0.1, -0.05) is 0 Å². The topological polar surface area (TPSA) is 43.4 Å². The zero-order valence-corrected chi connectivity index (χ0v) is 8.42. The molecule has 0 radical (unpaired) electrons. The number of hydrogen-bond acceptors (Lipinski definition) is 3. The fraction of sp³-hybridized carbons (Fsp3) is 0.800. The quantitative estimate of drug-likeness (QED) is 0.582. The van der Waals surface area contributed by atoms with Crippen molar-refractivity contribution in [3.05, 3.63) is 0 Å². The van der Waals surface area contributed by atoms with Gasteiger partial charge in [-0.3, -0.25) is 9.59 Å². The van der Waals surface area contributed by atoms with E-state index in [4.69, 9.17) is 4.74 Å². The number of esters is 1. The first-order valence-electron chi connectivity index (χ1n) is 4.65. The van der Waals surface area contributed by atoms with Crippen LogP contribution in [0.15, 0.2) is 0 Å². The number of ketones is 1. The Kier molecular flexibility index (Phi) is 2.74. The van der Waals surface area contributed by atoms with Crippen LogP contribution in [-0.4, -0.2) is 17.9 Å². The van der Waals surface area contributed by atoms with E-state index >= 15 is 0 Å². The van der Waals surface area contributed by atoms with E-state index in [0.717, 1.165) is 12.8 Å². The lowest BCUT2D eigenvalue weighted by atomic mass is 9.74. The summed E-state index contributed by atoms with van der Waals surface area (Å²) in [6.45, 7) is 5.08. The van der Waals surface area contributed by atoms with Crippen LogP contribution in [0.3, 0.4) is 0 Å². The molecule has 0 aliphatic heterocycles. The summed E-state index contributed by atoms with van der Waals surface area (Å²) in [6.07, 6.45) is 2.02. The summed E-state index contributed by atoms with van der Waals surface area (Å²) >= 11 is 0. The van der Waals surface area contributed by atoms with E-state index in [9.17, 15) is 9.59 Å². The van der Waals surface area contributed by atoms with Crippen LogP contribution in [0.1, 0.15) is 40.0 Å². The molecule has 1 rings (SSSR count). The predicted molar refractivity (Wildman–Crippen MR) is 48.2 cm³/mol. The molecule has 3 nitrogen and oxygen atoms in total. The van der Waals surface area contributed by atoms with Crippen LogP contribution >= 0.6 is 0 Å². The lowest BCUT2D eigenvalue weighted by molar-refractivity contribution is -0.159. The average molecular weight is 184 g/mol. The minimum absolute atomic E-state index is 0.199. The predicted octanol–water partition coefficient (Wildman–Crippen LogP) is 1.70. The SMILES string of the molecule is CC(=O)O[C@@H]1CCCC(=O)C1(C)C. The Morgan fingerprint density at radius 2 is 2.15 bits per heavy atom. The number of carbonyl (C=O) groups excluding carboxylic acids is 2. The van der Waals surface area contributed by atoms with Crippen molar-refractivity contribution < 1.29 is 14.3 Å². The number of rotatable bonds is 1. The van der Waals surface area contributed by atoms with Crippen molar-refractivity contribution in [2.24, 2.45) is 5.41 Å². The highest BCUT2D eigenvalue weighted by Crippen LogP contribution is 2.34. The summed E-state index contributed by atoms with van der Waals surface area (Å²) < 4.78 is 5.12. The summed E-state index contributed by atoms with van der Waals surface area (Å²) in [6, 6.07) is 0. The Bertz CT molecular complexity index is 230. The second-order valence-electron chi connectivity index (χ2n) is 4.14. The molecule has 13 heavy (non-hydrogen) atoms. The van der Waals surface area contributed by atoms with Gasteiger partial charge in [-0.2, -0.15) is 0 Å². The molecule has 1 aliphatic rings. The molecule has 0 bridgehead atoms. The van der Waals surface area contributed by atoms with E-state index in [2.05, 4.69) is 0 Å². The third-order valence-corrected chi connectivity index (χ3v) is 2.70. The van der Waals surface area contributed by atoms with Crippen LogP contribution < -0.4 is 0 Å². The molecule has 0 saturated heterocycles. The second kappa shape index (κ2) is 3.48. The molecule has 0 aromatic carbocycles. The largest absolute Gasteiger partial charge is 0.462 e. The standard InChI is InChI=1S/C10H16O3/c1-7(11)13-9-6-4-5-8(12)10(9,2)3/h9H,4-6H2,1-3H3/t9-/m1/s1. The van der Waals surface area contributed by atoms with Gasteiger partial charge in [-0.05, 0) is 26.7 Å². The lowest BCUT2D eigenvalue weighted by Gasteiger charge is -2.35. The molecule has 1 aliphatic carbocycles. The van der Waals surface area contributed by atoms with Gasteiger partial charge in [0.05, 0.1) is 5.41 Å². The summed E-state index contributed by atoms with van der Waals surface area (Å²) in [5.74, 6) is -0.0993. The molecule has 0 N–H and O–H groups in total. The average Bonchev–Trinajstić information content (AvgIpc) is 1.99. The van der Waals surface area contributed by atoms with Crippen LogP contribution in [0.4, 0.5) is 0 Å². The van der Waals surface area contributed by atoms with E-state index in [-0.39, 0.29) is 17.9 Å². The molecule has 0 heterocycles. The minimum atomic E-state index is -0.496. The smallest absolute Gasteiger partial charge is 0.302 e. The van der Waals surface area contributed by atoms with Crippen molar-refractivity contribution in [2.45, 2.75) is 46.1 Å². The van der Waals surface area contributed by atoms with Gasteiger partial charge < -0.3 is 4.74 Å². The molecule has 3 heteroatoms. The summed E-state index contributed by atoms with van der Waals surface area (Å²) in [4.78, 5) is 22.3. The molecule has 0 spiro atoms. The van der Waals surface area contributed by atoms with Gasteiger partial charge in [-0.25, -0.2) is 0 Å². The van der Waals surface area contributed by atoms with Crippen LogP contribution in [0.25, 0.3) is 0 Å². The third kappa shape index (κ3) is 2.08. The zero-order valence-electron chi connectivity index (χ0n) is 8.42. The van der Waals surface area contributed by atoms with Crippen LogP contribution in [-0.2, 0) is 14.3 Å². The molecular weight excluding hydrogens is 168 g/mol. The first-order chi connectivity index (χ1) is 5.94. The van der Waals surface area contributed by atoms with Crippen LogP contribution in [0, 0.1) is 5.41 Å². The van der Waals surface area contributed by atoms with Crippen molar-refractivity contribution >= 4 is 11.8 Å². The fourth-order valence-electron chi connectivity index (χ4n) is 1.72. The maximum absolute atomic E-state index is 11.5. The second-order valence-corrected chi connectivity index (χ2v) is 4.14. The van der Waals surface area contributed by atoms with Crippen LogP contribution in [0.2, 0.25) is 0 Å². The Hall–Kier alpha value is -0.860. The Morgan fingerprint density at radius 1 is 1.54 bits per heavy atom. The maximum atomic E-state index is 11.5. The van der Waals surface area contributed by atoms with E-state index in [1.807, 2.05) is 13.8 Å². The number of hydrogen-bond donors (Lipinski definition) is 0. The lowest BCUT2D eigenvalue weighted by Crippen LogP contribution is -2.43.